The maximum Gasteiger partial charge on any atom is 0.508 e. The van der Waals surface area contributed by atoms with Crippen LogP contribution in [0, 0.1) is 5.92 Å². The normalized spacial score (nSPS) is 27.1. The number of carbonyl (C=O) groups is 3. The summed E-state index contributed by atoms with van der Waals surface area (Å²) in [4.78, 5) is 34.4. The highest BCUT2D eigenvalue weighted by Gasteiger charge is 2.44. The summed E-state index contributed by atoms with van der Waals surface area (Å²) >= 11 is 0. The number of hydrogen-bond acceptors (Lipinski definition) is 6. The second-order valence-corrected chi connectivity index (χ2v) is 5.98. The Kier molecular flexibility index (Phi) is 5.03. The molecule has 0 aromatic rings. The van der Waals surface area contributed by atoms with E-state index in [1.807, 2.05) is 0 Å². The van der Waals surface area contributed by atoms with Crippen molar-refractivity contribution in [1.29, 1.82) is 0 Å². The lowest BCUT2D eigenvalue weighted by Crippen LogP contribution is -2.57. The molecule has 0 aromatic heterocycles. The maximum absolute atomic E-state index is 11.7. The van der Waals surface area contributed by atoms with Gasteiger partial charge in [-0.2, -0.15) is 0 Å². The second kappa shape index (κ2) is 6.19. The van der Waals surface area contributed by atoms with Gasteiger partial charge in [-0.05, 0) is 27.7 Å². The number of alkyl carbamates (subject to hydrolysis) is 1. The summed E-state index contributed by atoms with van der Waals surface area (Å²) in [6.45, 7) is 8.27. The largest absolute Gasteiger partial charge is 0.508 e. The Morgan fingerprint density at radius 2 is 1.86 bits per heavy atom. The average Bonchev–Trinajstić information content (AvgIpc) is 2.28. The molecule has 1 aliphatic rings. The third-order valence-electron chi connectivity index (χ3n) is 3.04. The van der Waals surface area contributed by atoms with Crippen molar-refractivity contribution in [3.63, 3.8) is 0 Å². The van der Waals surface area contributed by atoms with E-state index in [1.165, 1.54) is 0 Å². The standard InChI is InChI=1S/C13H21NO7/c1-6-7(2)19-12(18)20-9(6)8(10(15)16)14-11(17)21-13(3,4)5/h6-9H,1-5H3,(H,14,17)(H,15,16). The van der Waals surface area contributed by atoms with Gasteiger partial charge in [0.05, 0.1) is 0 Å². The molecule has 4 atom stereocenters. The topological polar surface area (TPSA) is 111 Å². The van der Waals surface area contributed by atoms with Crippen LogP contribution in [-0.2, 0) is 19.0 Å². The number of amides is 1. The summed E-state index contributed by atoms with van der Waals surface area (Å²) in [5.41, 5.74) is -0.765. The van der Waals surface area contributed by atoms with Gasteiger partial charge in [-0.3, -0.25) is 0 Å². The number of ether oxygens (including phenoxy) is 3. The zero-order valence-electron chi connectivity index (χ0n) is 12.7. The van der Waals surface area contributed by atoms with Gasteiger partial charge < -0.3 is 24.6 Å². The molecule has 1 aliphatic heterocycles. The fourth-order valence-corrected chi connectivity index (χ4v) is 1.86. The van der Waals surface area contributed by atoms with Gasteiger partial charge in [0.25, 0.3) is 0 Å². The lowest BCUT2D eigenvalue weighted by atomic mass is 9.92. The molecule has 0 bridgehead atoms. The van der Waals surface area contributed by atoms with E-state index in [4.69, 9.17) is 14.2 Å². The number of carbonyl (C=O) groups excluding carboxylic acids is 2. The van der Waals surface area contributed by atoms with Crippen LogP contribution < -0.4 is 5.32 Å². The molecular formula is C13H21NO7. The SMILES string of the molecule is CC1OC(=O)OC(C(NC(=O)OC(C)(C)C)C(=O)O)C1C. The van der Waals surface area contributed by atoms with E-state index < -0.39 is 48.0 Å². The number of nitrogens with one attached hydrogen (secondary N) is 1. The summed E-state index contributed by atoms with van der Waals surface area (Å²) < 4.78 is 14.8. The molecule has 1 heterocycles. The Labute approximate surface area is 122 Å². The second-order valence-electron chi connectivity index (χ2n) is 5.98. The molecule has 4 unspecified atom stereocenters. The van der Waals surface area contributed by atoms with Gasteiger partial charge in [-0.25, -0.2) is 14.4 Å². The number of hydrogen-bond donors (Lipinski definition) is 2. The highest BCUT2D eigenvalue weighted by molar-refractivity contribution is 5.81. The van der Waals surface area contributed by atoms with E-state index in [2.05, 4.69) is 5.32 Å². The first-order chi connectivity index (χ1) is 9.51. The van der Waals surface area contributed by atoms with Gasteiger partial charge in [0.1, 0.15) is 17.8 Å². The van der Waals surface area contributed by atoms with Crippen molar-refractivity contribution in [2.75, 3.05) is 0 Å². The number of cyclic esters (lactones) is 2. The predicted molar refractivity (Wildman–Crippen MR) is 70.8 cm³/mol. The van der Waals surface area contributed by atoms with Crippen LogP contribution in [0.5, 0.6) is 0 Å². The summed E-state index contributed by atoms with van der Waals surface area (Å²) in [7, 11) is 0. The first-order valence-corrected chi connectivity index (χ1v) is 6.61. The number of carboxylic acid groups (broad SMARTS) is 1. The van der Waals surface area contributed by atoms with E-state index in [0.717, 1.165) is 0 Å². The number of carboxylic acids is 1. The predicted octanol–water partition coefficient (Wildman–Crippen LogP) is 1.52. The van der Waals surface area contributed by atoms with Crippen LogP contribution in [0.15, 0.2) is 0 Å². The summed E-state index contributed by atoms with van der Waals surface area (Å²) in [5, 5.41) is 11.5. The minimum Gasteiger partial charge on any atom is -0.480 e. The third kappa shape index (κ3) is 4.80. The van der Waals surface area contributed by atoms with Crippen LogP contribution in [0.1, 0.15) is 34.6 Å². The molecule has 120 valence electrons. The number of aliphatic carboxylic acids is 1. The van der Waals surface area contributed by atoms with E-state index in [0.29, 0.717) is 0 Å². The molecule has 0 aliphatic carbocycles. The molecule has 1 rings (SSSR count). The van der Waals surface area contributed by atoms with Gasteiger partial charge in [-0.1, -0.05) is 6.92 Å². The summed E-state index contributed by atoms with van der Waals surface area (Å²) in [5.74, 6) is -1.72. The molecule has 21 heavy (non-hydrogen) atoms. The van der Waals surface area contributed by atoms with Crippen molar-refractivity contribution in [1.82, 2.24) is 5.32 Å². The molecule has 0 spiro atoms. The molecule has 0 aromatic carbocycles. The molecule has 0 radical (unpaired) electrons. The van der Waals surface area contributed by atoms with Crippen molar-refractivity contribution in [2.24, 2.45) is 5.92 Å². The van der Waals surface area contributed by atoms with Crippen LogP contribution in [0.3, 0.4) is 0 Å². The smallest absolute Gasteiger partial charge is 0.480 e. The number of rotatable bonds is 3. The molecule has 8 nitrogen and oxygen atoms in total. The minimum absolute atomic E-state index is 0.404. The first-order valence-electron chi connectivity index (χ1n) is 6.61. The van der Waals surface area contributed by atoms with E-state index in [9.17, 15) is 19.5 Å². The monoisotopic (exact) mass is 303 g/mol. The molecule has 0 saturated carbocycles. The van der Waals surface area contributed by atoms with Crippen LogP contribution in [0.25, 0.3) is 0 Å². The lowest BCUT2D eigenvalue weighted by molar-refractivity contribution is -0.150. The fraction of sp³-hybridized carbons (Fsp3) is 0.769. The van der Waals surface area contributed by atoms with Gasteiger partial charge in [0.2, 0.25) is 0 Å². The molecule has 2 N–H and O–H groups in total. The summed E-state index contributed by atoms with van der Waals surface area (Å²) in [6.07, 6.45) is -3.40. The zero-order chi connectivity index (χ0) is 16.4. The van der Waals surface area contributed by atoms with Gasteiger partial charge in [0, 0.05) is 5.92 Å². The minimum atomic E-state index is -1.41. The van der Waals surface area contributed by atoms with Crippen LogP contribution in [0.2, 0.25) is 0 Å². The van der Waals surface area contributed by atoms with Crippen molar-refractivity contribution >= 4 is 18.2 Å². The average molecular weight is 303 g/mol. The van der Waals surface area contributed by atoms with Gasteiger partial charge in [0.15, 0.2) is 6.04 Å². The Balaban J connectivity index is 2.84. The molecular weight excluding hydrogens is 282 g/mol. The molecule has 8 heteroatoms. The van der Waals surface area contributed by atoms with Crippen LogP contribution in [-0.4, -0.2) is 47.2 Å². The summed E-state index contributed by atoms with van der Waals surface area (Å²) in [6, 6.07) is -1.41. The Morgan fingerprint density at radius 1 is 1.29 bits per heavy atom. The highest BCUT2D eigenvalue weighted by atomic mass is 16.7. The van der Waals surface area contributed by atoms with E-state index in [-0.39, 0.29) is 0 Å². The van der Waals surface area contributed by atoms with Crippen molar-refractivity contribution < 1.29 is 33.7 Å². The Hall–Kier alpha value is -1.99. The van der Waals surface area contributed by atoms with Crippen molar-refractivity contribution in [3.8, 4) is 0 Å². The molecule has 1 saturated heterocycles. The highest BCUT2D eigenvalue weighted by Crippen LogP contribution is 2.24. The maximum atomic E-state index is 11.7. The third-order valence-corrected chi connectivity index (χ3v) is 3.04. The van der Waals surface area contributed by atoms with Gasteiger partial charge >= 0.3 is 18.2 Å². The van der Waals surface area contributed by atoms with E-state index in [1.54, 1.807) is 34.6 Å². The van der Waals surface area contributed by atoms with E-state index >= 15 is 0 Å². The van der Waals surface area contributed by atoms with Crippen LogP contribution >= 0.6 is 0 Å². The van der Waals surface area contributed by atoms with Crippen LogP contribution in [0.4, 0.5) is 9.59 Å². The lowest BCUT2D eigenvalue weighted by Gasteiger charge is -2.36. The Bertz CT molecular complexity index is 429. The van der Waals surface area contributed by atoms with Crippen molar-refractivity contribution in [3.05, 3.63) is 0 Å². The quantitative estimate of drug-likeness (QED) is 0.760. The van der Waals surface area contributed by atoms with Crippen molar-refractivity contribution in [2.45, 2.75) is 58.5 Å². The first kappa shape index (κ1) is 17.1. The fourth-order valence-electron chi connectivity index (χ4n) is 1.86. The van der Waals surface area contributed by atoms with Gasteiger partial charge in [-0.15, -0.1) is 0 Å². The zero-order valence-corrected chi connectivity index (χ0v) is 12.7. The molecule has 1 amide bonds. The Morgan fingerprint density at radius 3 is 2.33 bits per heavy atom. The molecule has 1 fully saturated rings.